The quantitative estimate of drug-likeness (QED) is 0.867. The molecule has 0 saturated carbocycles. The maximum Gasteiger partial charge on any atom is 0.258 e. The topological polar surface area (TPSA) is 46.2 Å². The molecule has 1 N–H and O–H groups in total. The van der Waals surface area contributed by atoms with Gasteiger partial charge in [-0.3, -0.25) is 14.9 Å². The molecule has 2 amide bonds. The molecule has 0 fully saturated rings. The molecule has 0 radical (unpaired) electrons. The van der Waals surface area contributed by atoms with Gasteiger partial charge in [-0.25, -0.2) is 0 Å². The summed E-state index contributed by atoms with van der Waals surface area (Å²) in [6.07, 6.45) is 3.03. The summed E-state index contributed by atoms with van der Waals surface area (Å²) in [7, 11) is 0. The van der Waals surface area contributed by atoms with E-state index >= 15 is 0 Å². The normalized spacial score (nSPS) is 10.4. The number of hydrogen-bond donors (Lipinski definition) is 1. The molecule has 0 aliphatic heterocycles. The SMILES string of the molecule is Cc1ccc(/C=C/C(=O)NC(=O)c2ccccc2)cc1. The van der Waals surface area contributed by atoms with Gasteiger partial charge in [-0.05, 0) is 30.7 Å². The predicted molar refractivity (Wildman–Crippen MR) is 79.1 cm³/mol. The summed E-state index contributed by atoms with van der Waals surface area (Å²) in [4.78, 5) is 23.4. The summed E-state index contributed by atoms with van der Waals surface area (Å²) in [5.41, 5.74) is 2.54. The van der Waals surface area contributed by atoms with Gasteiger partial charge in [0.05, 0.1) is 0 Å². The molecule has 3 nitrogen and oxygen atoms in total. The number of hydrogen-bond acceptors (Lipinski definition) is 2. The first-order chi connectivity index (χ1) is 9.65. The van der Waals surface area contributed by atoms with Crippen molar-refractivity contribution in [2.45, 2.75) is 6.92 Å². The molecule has 0 heterocycles. The standard InChI is InChI=1S/C17H15NO2/c1-13-7-9-14(10-8-13)11-12-16(19)18-17(20)15-5-3-2-4-6-15/h2-12H,1H3,(H,18,19,20)/b12-11+. The number of aryl methyl sites for hydroxylation is 1. The summed E-state index contributed by atoms with van der Waals surface area (Å²) in [6.45, 7) is 2.00. The molecule has 0 spiro atoms. The van der Waals surface area contributed by atoms with Crippen LogP contribution in [0, 0.1) is 6.92 Å². The van der Waals surface area contributed by atoms with Crippen molar-refractivity contribution < 1.29 is 9.59 Å². The van der Waals surface area contributed by atoms with Crippen molar-refractivity contribution in [1.82, 2.24) is 5.32 Å². The zero-order valence-corrected chi connectivity index (χ0v) is 11.2. The molecule has 2 aromatic rings. The minimum Gasteiger partial charge on any atom is -0.289 e. The minimum absolute atomic E-state index is 0.399. The number of nitrogens with one attached hydrogen (secondary N) is 1. The summed E-state index contributed by atoms with van der Waals surface area (Å²) in [5, 5.41) is 2.31. The zero-order chi connectivity index (χ0) is 14.4. The van der Waals surface area contributed by atoms with E-state index in [0.29, 0.717) is 5.56 Å². The number of imide groups is 1. The largest absolute Gasteiger partial charge is 0.289 e. The van der Waals surface area contributed by atoms with Gasteiger partial charge >= 0.3 is 0 Å². The molecule has 0 aromatic heterocycles. The van der Waals surface area contributed by atoms with E-state index in [2.05, 4.69) is 5.32 Å². The molecule has 0 bridgehead atoms. The fraction of sp³-hybridized carbons (Fsp3) is 0.0588. The van der Waals surface area contributed by atoms with Crippen molar-refractivity contribution in [3.63, 3.8) is 0 Å². The lowest BCUT2D eigenvalue weighted by Crippen LogP contribution is -2.28. The molecule has 0 saturated heterocycles. The first-order valence-corrected chi connectivity index (χ1v) is 6.30. The Labute approximate surface area is 117 Å². The molecule has 0 aliphatic rings. The summed E-state index contributed by atoms with van der Waals surface area (Å²) >= 11 is 0. The second-order valence-corrected chi connectivity index (χ2v) is 4.43. The lowest BCUT2D eigenvalue weighted by Gasteiger charge is -2.00. The Morgan fingerprint density at radius 1 is 0.950 bits per heavy atom. The molecule has 3 heteroatoms. The minimum atomic E-state index is -0.431. The van der Waals surface area contributed by atoms with E-state index in [4.69, 9.17) is 0 Å². The van der Waals surface area contributed by atoms with Crippen molar-refractivity contribution in [1.29, 1.82) is 0 Å². The van der Waals surface area contributed by atoms with Crippen LogP contribution in [0.2, 0.25) is 0 Å². The van der Waals surface area contributed by atoms with E-state index < -0.39 is 11.8 Å². The van der Waals surface area contributed by atoms with Crippen LogP contribution in [0.3, 0.4) is 0 Å². The lowest BCUT2D eigenvalue weighted by molar-refractivity contribution is -0.115. The van der Waals surface area contributed by atoms with Crippen LogP contribution in [0.25, 0.3) is 6.08 Å². The molecule has 0 unspecified atom stereocenters. The van der Waals surface area contributed by atoms with Crippen molar-refractivity contribution in [3.05, 3.63) is 77.4 Å². The van der Waals surface area contributed by atoms with Crippen LogP contribution >= 0.6 is 0 Å². The summed E-state index contributed by atoms with van der Waals surface area (Å²) < 4.78 is 0. The first kappa shape index (κ1) is 13.7. The maximum absolute atomic E-state index is 11.7. The maximum atomic E-state index is 11.7. The fourth-order valence-electron chi connectivity index (χ4n) is 1.66. The lowest BCUT2D eigenvalue weighted by atomic mass is 10.1. The smallest absolute Gasteiger partial charge is 0.258 e. The molecule has 2 rings (SSSR count). The van der Waals surface area contributed by atoms with Crippen molar-refractivity contribution >= 4 is 17.9 Å². The molecule has 0 atom stereocenters. The monoisotopic (exact) mass is 265 g/mol. The van der Waals surface area contributed by atoms with E-state index in [1.807, 2.05) is 37.3 Å². The second-order valence-electron chi connectivity index (χ2n) is 4.43. The van der Waals surface area contributed by atoms with Gasteiger partial charge in [0.2, 0.25) is 0 Å². The first-order valence-electron chi connectivity index (χ1n) is 6.30. The third-order valence-electron chi connectivity index (χ3n) is 2.78. The number of carbonyl (C=O) groups is 2. The molecular weight excluding hydrogens is 250 g/mol. The number of amides is 2. The highest BCUT2D eigenvalue weighted by atomic mass is 16.2. The van der Waals surface area contributed by atoms with Crippen LogP contribution in [-0.2, 0) is 4.79 Å². The van der Waals surface area contributed by atoms with Gasteiger partial charge < -0.3 is 0 Å². The van der Waals surface area contributed by atoms with E-state index in [1.54, 1.807) is 30.3 Å². The average Bonchev–Trinajstić information content (AvgIpc) is 2.47. The Morgan fingerprint density at radius 3 is 2.25 bits per heavy atom. The van der Waals surface area contributed by atoms with E-state index in [1.165, 1.54) is 6.08 Å². The van der Waals surface area contributed by atoms with Crippen LogP contribution in [0.15, 0.2) is 60.7 Å². The van der Waals surface area contributed by atoms with Gasteiger partial charge in [0.25, 0.3) is 11.8 Å². The number of benzene rings is 2. The molecular formula is C17H15NO2. The van der Waals surface area contributed by atoms with E-state index in [-0.39, 0.29) is 0 Å². The van der Waals surface area contributed by atoms with Crippen molar-refractivity contribution in [2.75, 3.05) is 0 Å². The third kappa shape index (κ3) is 3.92. The Kier molecular flexibility index (Phi) is 4.45. The Morgan fingerprint density at radius 2 is 1.60 bits per heavy atom. The average molecular weight is 265 g/mol. The Bertz CT molecular complexity index is 628. The van der Waals surface area contributed by atoms with Gasteiger partial charge in [-0.2, -0.15) is 0 Å². The third-order valence-corrected chi connectivity index (χ3v) is 2.78. The van der Waals surface area contributed by atoms with Gasteiger partial charge in [0.15, 0.2) is 0 Å². The van der Waals surface area contributed by atoms with Gasteiger partial charge in [0, 0.05) is 11.6 Å². The van der Waals surface area contributed by atoms with Crippen LogP contribution in [0.1, 0.15) is 21.5 Å². The molecule has 0 aliphatic carbocycles. The van der Waals surface area contributed by atoms with Gasteiger partial charge in [0.1, 0.15) is 0 Å². The fourth-order valence-corrected chi connectivity index (χ4v) is 1.66. The van der Waals surface area contributed by atoms with Crippen LogP contribution < -0.4 is 5.32 Å². The summed E-state index contributed by atoms with van der Waals surface area (Å²) in [6, 6.07) is 16.4. The molecule has 20 heavy (non-hydrogen) atoms. The van der Waals surface area contributed by atoms with E-state index in [0.717, 1.165) is 11.1 Å². The zero-order valence-electron chi connectivity index (χ0n) is 11.2. The molecule has 100 valence electrons. The second kappa shape index (κ2) is 6.48. The highest BCUT2D eigenvalue weighted by Crippen LogP contribution is 2.05. The van der Waals surface area contributed by atoms with Crippen LogP contribution in [0.4, 0.5) is 0 Å². The number of carbonyl (C=O) groups excluding carboxylic acids is 2. The van der Waals surface area contributed by atoms with Gasteiger partial charge in [-0.1, -0.05) is 48.0 Å². The predicted octanol–water partition coefficient (Wildman–Crippen LogP) is 2.96. The Balaban J connectivity index is 1.96. The van der Waals surface area contributed by atoms with Crippen molar-refractivity contribution in [2.24, 2.45) is 0 Å². The van der Waals surface area contributed by atoms with Crippen LogP contribution in [0.5, 0.6) is 0 Å². The van der Waals surface area contributed by atoms with Crippen molar-refractivity contribution in [3.8, 4) is 0 Å². The molecule has 2 aromatic carbocycles. The highest BCUT2D eigenvalue weighted by molar-refractivity contribution is 6.09. The van der Waals surface area contributed by atoms with E-state index in [9.17, 15) is 9.59 Å². The number of rotatable bonds is 3. The summed E-state index contributed by atoms with van der Waals surface area (Å²) in [5.74, 6) is -0.830. The Hall–Kier alpha value is -2.68. The van der Waals surface area contributed by atoms with Gasteiger partial charge in [-0.15, -0.1) is 0 Å². The van der Waals surface area contributed by atoms with Crippen LogP contribution in [-0.4, -0.2) is 11.8 Å². The highest BCUT2D eigenvalue weighted by Gasteiger charge is 2.06.